The molecule has 2 nitrogen and oxygen atoms in total. The predicted octanol–water partition coefficient (Wildman–Crippen LogP) is 3.56. The summed E-state index contributed by atoms with van der Waals surface area (Å²) in [5.74, 6) is 0. The van der Waals surface area contributed by atoms with E-state index in [0.717, 1.165) is 12.1 Å². The van der Waals surface area contributed by atoms with Crippen molar-refractivity contribution < 1.29 is 0 Å². The molecule has 1 aliphatic heterocycles. The van der Waals surface area contributed by atoms with Crippen molar-refractivity contribution in [3.8, 4) is 0 Å². The lowest BCUT2D eigenvalue weighted by molar-refractivity contribution is 0.138. The molecule has 1 unspecified atom stereocenters. The fraction of sp³-hybridized carbons (Fsp3) is 1.00. The highest BCUT2D eigenvalue weighted by Gasteiger charge is 2.21. The highest BCUT2D eigenvalue weighted by molar-refractivity contribution is 4.78. The van der Waals surface area contributed by atoms with Gasteiger partial charge in [-0.1, -0.05) is 39.0 Å². The quantitative estimate of drug-likeness (QED) is 0.777. The molecule has 1 N–H and O–H groups in total. The molecule has 2 heteroatoms. The van der Waals surface area contributed by atoms with Gasteiger partial charge in [0.05, 0.1) is 0 Å². The molecule has 2 fully saturated rings. The number of likely N-dealkylation sites (tertiary alicyclic amines) is 1. The molecule has 2 aliphatic rings. The zero-order valence-corrected chi connectivity index (χ0v) is 12.3. The van der Waals surface area contributed by atoms with E-state index in [0.29, 0.717) is 0 Å². The molecule has 0 bridgehead atoms. The molecule has 0 aromatic rings. The van der Waals surface area contributed by atoms with Crippen LogP contribution >= 0.6 is 0 Å². The SMILES string of the molecule is CCCC1CCCCN1CCNC1CCCCC1. The van der Waals surface area contributed by atoms with Gasteiger partial charge in [0, 0.05) is 25.2 Å². The van der Waals surface area contributed by atoms with Crippen molar-refractivity contribution in [2.24, 2.45) is 0 Å². The van der Waals surface area contributed by atoms with E-state index in [1.165, 1.54) is 83.8 Å². The van der Waals surface area contributed by atoms with Crippen molar-refractivity contribution in [2.75, 3.05) is 19.6 Å². The maximum atomic E-state index is 3.79. The average Bonchev–Trinajstić information content (AvgIpc) is 2.42. The Hall–Kier alpha value is -0.0800. The first-order valence-corrected chi connectivity index (χ1v) is 8.37. The van der Waals surface area contributed by atoms with Crippen molar-refractivity contribution in [2.45, 2.75) is 83.2 Å². The van der Waals surface area contributed by atoms with Crippen LogP contribution in [0.15, 0.2) is 0 Å². The van der Waals surface area contributed by atoms with Crippen LogP contribution in [0.1, 0.15) is 71.1 Å². The van der Waals surface area contributed by atoms with Crippen LogP contribution in [-0.2, 0) is 0 Å². The highest BCUT2D eigenvalue weighted by atomic mass is 15.2. The number of rotatable bonds is 6. The molecule has 1 heterocycles. The third-order valence-electron chi connectivity index (χ3n) is 4.81. The molecule has 0 radical (unpaired) electrons. The van der Waals surface area contributed by atoms with E-state index in [4.69, 9.17) is 0 Å². The number of nitrogens with one attached hydrogen (secondary N) is 1. The topological polar surface area (TPSA) is 15.3 Å². The standard InChI is InChI=1S/C16H32N2/c1-2-8-16-11-6-7-13-18(16)14-12-17-15-9-4-3-5-10-15/h15-17H,2-14H2,1H3. The summed E-state index contributed by atoms with van der Waals surface area (Å²) in [7, 11) is 0. The van der Waals surface area contributed by atoms with Gasteiger partial charge < -0.3 is 5.32 Å². The Morgan fingerprint density at radius 2 is 1.78 bits per heavy atom. The van der Waals surface area contributed by atoms with Gasteiger partial charge in [-0.15, -0.1) is 0 Å². The summed E-state index contributed by atoms with van der Waals surface area (Å²) in [6.45, 7) is 6.16. The van der Waals surface area contributed by atoms with Crippen LogP contribution in [0.3, 0.4) is 0 Å². The van der Waals surface area contributed by atoms with Crippen LogP contribution in [0.4, 0.5) is 0 Å². The van der Waals surface area contributed by atoms with Crippen LogP contribution in [0.25, 0.3) is 0 Å². The van der Waals surface area contributed by atoms with Crippen LogP contribution < -0.4 is 5.32 Å². The Morgan fingerprint density at radius 1 is 1.00 bits per heavy atom. The van der Waals surface area contributed by atoms with E-state index < -0.39 is 0 Å². The summed E-state index contributed by atoms with van der Waals surface area (Å²) in [6, 6.07) is 1.71. The highest BCUT2D eigenvalue weighted by Crippen LogP contribution is 2.20. The molecule has 1 saturated carbocycles. The van der Waals surface area contributed by atoms with Crippen molar-refractivity contribution >= 4 is 0 Å². The van der Waals surface area contributed by atoms with E-state index in [1.807, 2.05) is 0 Å². The Morgan fingerprint density at radius 3 is 2.56 bits per heavy atom. The zero-order chi connectivity index (χ0) is 12.6. The maximum Gasteiger partial charge on any atom is 0.0110 e. The van der Waals surface area contributed by atoms with E-state index in [-0.39, 0.29) is 0 Å². The lowest BCUT2D eigenvalue weighted by atomic mass is 9.95. The number of hydrogen-bond acceptors (Lipinski definition) is 2. The van der Waals surface area contributed by atoms with Crippen molar-refractivity contribution in [3.05, 3.63) is 0 Å². The second-order valence-electron chi connectivity index (χ2n) is 6.26. The Labute approximate surface area is 114 Å². The minimum atomic E-state index is 0.827. The second kappa shape index (κ2) is 8.16. The Bertz CT molecular complexity index is 209. The van der Waals surface area contributed by atoms with Crippen molar-refractivity contribution in [1.29, 1.82) is 0 Å². The first-order valence-electron chi connectivity index (χ1n) is 8.37. The van der Waals surface area contributed by atoms with Gasteiger partial charge in [0.15, 0.2) is 0 Å². The van der Waals surface area contributed by atoms with Gasteiger partial charge in [0.2, 0.25) is 0 Å². The largest absolute Gasteiger partial charge is 0.313 e. The van der Waals surface area contributed by atoms with Crippen LogP contribution in [-0.4, -0.2) is 36.6 Å². The molecule has 0 aromatic heterocycles. The summed E-state index contributed by atoms with van der Waals surface area (Å²) < 4.78 is 0. The molecule has 0 spiro atoms. The lowest BCUT2D eigenvalue weighted by Gasteiger charge is -2.36. The van der Waals surface area contributed by atoms with Gasteiger partial charge in [-0.3, -0.25) is 4.90 Å². The minimum absolute atomic E-state index is 0.827. The first-order chi connectivity index (χ1) is 8.90. The summed E-state index contributed by atoms with van der Waals surface area (Å²) in [5.41, 5.74) is 0. The molecule has 18 heavy (non-hydrogen) atoms. The van der Waals surface area contributed by atoms with E-state index in [2.05, 4.69) is 17.1 Å². The first kappa shape index (κ1) is 14.3. The zero-order valence-electron chi connectivity index (χ0n) is 12.3. The Kier molecular flexibility index (Phi) is 6.50. The lowest BCUT2D eigenvalue weighted by Crippen LogP contribution is -2.44. The van der Waals surface area contributed by atoms with E-state index in [1.54, 1.807) is 0 Å². The monoisotopic (exact) mass is 252 g/mol. The molecule has 0 amide bonds. The van der Waals surface area contributed by atoms with Crippen molar-refractivity contribution in [1.82, 2.24) is 10.2 Å². The smallest absolute Gasteiger partial charge is 0.0110 e. The van der Waals surface area contributed by atoms with E-state index >= 15 is 0 Å². The molecule has 2 rings (SSSR count). The maximum absolute atomic E-state index is 3.79. The van der Waals surface area contributed by atoms with Gasteiger partial charge in [0.1, 0.15) is 0 Å². The fourth-order valence-corrected chi connectivity index (χ4v) is 3.73. The third kappa shape index (κ3) is 4.55. The number of piperidine rings is 1. The fourth-order valence-electron chi connectivity index (χ4n) is 3.73. The van der Waals surface area contributed by atoms with E-state index in [9.17, 15) is 0 Å². The van der Waals surface area contributed by atoms with Crippen LogP contribution in [0.2, 0.25) is 0 Å². The van der Waals surface area contributed by atoms with Crippen LogP contribution in [0, 0.1) is 0 Å². The average molecular weight is 252 g/mol. The molecule has 1 aliphatic carbocycles. The summed E-state index contributed by atoms with van der Waals surface area (Å²) in [5, 5.41) is 3.79. The summed E-state index contributed by atoms with van der Waals surface area (Å²) >= 11 is 0. The molecular formula is C16H32N2. The van der Waals surface area contributed by atoms with Gasteiger partial charge in [-0.05, 0) is 38.6 Å². The van der Waals surface area contributed by atoms with Gasteiger partial charge >= 0.3 is 0 Å². The number of nitrogens with zero attached hydrogens (tertiary/aromatic N) is 1. The molecule has 1 atom stereocenters. The van der Waals surface area contributed by atoms with Gasteiger partial charge in [-0.25, -0.2) is 0 Å². The van der Waals surface area contributed by atoms with Crippen molar-refractivity contribution in [3.63, 3.8) is 0 Å². The van der Waals surface area contributed by atoms with Gasteiger partial charge in [-0.2, -0.15) is 0 Å². The third-order valence-corrected chi connectivity index (χ3v) is 4.81. The second-order valence-corrected chi connectivity index (χ2v) is 6.26. The normalized spacial score (nSPS) is 27.5. The molecule has 1 saturated heterocycles. The molecule has 0 aromatic carbocycles. The van der Waals surface area contributed by atoms with Crippen LogP contribution in [0.5, 0.6) is 0 Å². The molecular weight excluding hydrogens is 220 g/mol. The Balaban J connectivity index is 1.64. The summed E-state index contributed by atoms with van der Waals surface area (Å²) in [4.78, 5) is 2.75. The van der Waals surface area contributed by atoms with Gasteiger partial charge in [0.25, 0.3) is 0 Å². The number of hydrogen-bond donors (Lipinski definition) is 1. The molecule has 106 valence electrons. The predicted molar refractivity (Wildman–Crippen MR) is 79.0 cm³/mol. The summed E-state index contributed by atoms with van der Waals surface area (Å²) in [6.07, 6.45) is 14.2. The minimum Gasteiger partial charge on any atom is -0.313 e.